The molecule has 20 heavy (non-hydrogen) atoms. The van der Waals surface area contributed by atoms with Gasteiger partial charge >= 0.3 is 0 Å². The Morgan fingerprint density at radius 2 is 2.05 bits per heavy atom. The third-order valence-electron chi connectivity index (χ3n) is 4.40. The summed E-state index contributed by atoms with van der Waals surface area (Å²) in [6.45, 7) is 7.72. The summed E-state index contributed by atoms with van der Waals surface area (Å²) >= 11 is 0. The van der Waals surface area contributed by atoms with Crippen LogP contribution in [-0.4, -0.2) is 30.6 Å². The van der Waals surface area contributed by atoms with E-state index in [1.807, 2.05) is 12.1 Å². The molecular weight excluding hydrogens is 251 g/mol. The molecule has 1 saturated heterocycles. The van der Waals surface area contributed by atoms with Crippen LogP contribution in [-0.2, 0) is 0 Å². The van der Waals surface area contributed by atoms with Gasteiger partial charge in [-0.3, -0.25) is 0 Å². The summed E-state index contributed by atoms with van der Waals surface area (Å²) < 4.78 is 13.0. The SMILES string of the molecule is CCNC(CCN1CCCC1CC)c1ccc(F)cc1. The molecule has 1 aromatic rings. The number of rotatable bonds is 7. The molecule has 0 bridgehead atoms. The number of halogens is 1. The van der Waals surface area contributed by atoms with Crippen molar-refractivity contribution in [3.05, 3.63) is 35.6 Å². The standard InChI is InChI=1S/C17H27FN2/c1-3-16-6-5-12-20(16)13-11-17(19-4-2)14-7-9-15(18)10-8-14/h7-10,16-17,19H,3-6,11-13H2,1-2H3. The topological polar surface area (TPSA) is 15.3 Å². The Bertz CT molecular complexity index is 390. The molecule has 1 aliphatic rings. The monoisotopic (exact) mass is 278 g/mol. The van der Waals surface area contributed by atoms with Gasteiger partial charge in [0, 0.05) is 18.6 Å². The summed E-state index contributed by atoms with van der Waals surface area (Å²) in [6, 6.07) is 8.03. The fraction of sp³-hybridized carbons (Fsp3) is 0.647. The Morgan fingerprint density at radius 3 is 2.70 bits per heavy atom. The van der Waals surface area contributed by atoms with Crippen LogP contribution in [0.15, 0.2) is 24.3 Å². The Balaban J connectivity index is 1.93. The highest BCUT2D eigenvalue weighted by atomic mass is 19.1. The molecule has 0 saturated carbocycles. The molecule has 1 aliphatic heterocycles. The van der Waals surface area contributed by atoms with Crippen LogP contribution >= 0.6 is 0 Å². The van der Waals surface area contributed by atoms with Crippen molar-refractivity contribution in [3.63, 3.8) is 0 Å². The predicted octanol–water partition coefficient (Wildman–Crippen LogP) is 3.74. The van der Waals surface area contributed by atoms with Crippen LogP contribution < -0.4 is 5.32 Å². The zero-order chi connectivity index (χ0) is 14.4. The maximum atomic E-state index is 13.0. The Labute approximate surface area is 122 Å². The van der Waals surface area contributed by atoms with Crippen LogP contribution in [0.1, 0.15) is 51.1 Å². The molecule has 1 aromatic carbocycles. The van der Waals surface area contributed by atoms with Crippen molar-refractivity contribution >= 4 is 0 Å². The van der Waals surface area contributed by atoms with Crippen molar-refractivity contribution in [2.24, 2.45) is 0 Å². The molecular formula is C17H27FN2. The van der Waals surface area contributed by atoms with Crippen molar-refractivity contribution in [1.82, 2.24) is 10.2 Å². The molecule has 1 heterocycles. The summed E-state index contributed by atoms with van der Waals surface area (Å²) in [4.78, 5) is 2.62. The smallest absolute Gasteiger partial charge is 0.123 e. The molecule has 0 spiro atoms. The molecule has 0 aliphatic carbocycles. The highest BCUT2D eigenvalue weighted by molar-refractivity contribution is 5.20. The van der Waals surface area contributed by atoms with Gasteiger partial charge in [-0.05, 0) is 56.5 Å². The zero-order valence-corrected chi connectivity index (χ0v) is 12.7. The van der Waals surface area contributed by atoms with E-state index in [0.29, 0.717) is 6.04 Å². The van der Waals surface area contributed by atoms with E-state index in [4.69, 9.17) is 0 Å². The fourth-order valence-corrected chi connectivity index (χ4v) is 3.27. The molecule has 0 aromatic heterocycles. The van der Waals surface area contributed by atoms with Crippen LogP contribution in [0.5, 0.6) is 0 Å². The molecule has 2 atom stereocenters. The normalized spacial score (nSPS) is 21.2. The van der Waals surface area contributed by atoms with Crippen LogP contribution in [0.4, 0.5) is 4.39 Å². The van der Waals surface area contributed by atoms with Gasteiger partial charge in [-0.1, -0.05) is 26.0 Å². The van der Waals surface area contributed by atoms with Crippen molar-refractivity contribution < 1.29 is 4.39 Å². The average Bonchev–Trinajstić information content (AvgIpc) is 2.92. The number of benzene rings is 1. The van der Waals surface area contributed by atoms with E-state index in [1.165, 1.54) is 31.4 Å². The van der Waals surface area contributed by atoms with Gasteiger partial charge in [0.2, 0.25) is 0 Å². The van der Waals surface area contributed by atoms with Crippen LogP contribution in [0, 0.1) is 5.82 Å². The van der Waals surface area contributed by atoms with Crippen molar-refractivity contribution in [2.75, 3.05) is 19.6 Å². The Morgan fingerprint density at radius 1 is 1.30 bits per heavy atom. The zero-order valence-electron chi connectivity index (χ0n) is 12.7. The third kappa shape index (κ3) is 4.03. The summed E-state index contributed by atoms with van der Waals surface area (Å²) in [7, 11) is 0. The van der Waals surface area contributed by atoms with Gasteiger partial charge in [0.1, 0.15) is 5.82 Å². The molecule has 112 valence electrons. The van der Waals surface area contributed by atoms with E-state index in [1.54, 1.807) is 12.1 Å². The number of hydrogen-bond acceptors (Lipinski definition) is 2. The third-order valence-corrected chi connectivity index (χ3v) is 4.40. The molecule has 3 heteroatoms. The minimum absolute atomic E-state index is 0.158. The Kier molecular flexibility index (Phi) is 5.99. The lowest BCUT2D eigenvalue weighted by Crippen LogP contribution is -2.32. The molecule has 1 fully saturated rings. The Hall–Kier alpha value is -0.930. The second-order valence-electron chi connectivity index (χ2n) is 5.69. The van der Waals surface area contributed by atoms with E-state index < -0.39 is 0 Å². The first-order valence-electron chi connectivity index (χ1n) is 7.97. The van der Waals surface area contributed by atoms with Crippen LogP contribution in [0.25, 0.3) is 0 Å². The van der Waals surface area contributed by atoms with E-state index >= 15 is 0 Å². The van der Waals surface area contributed by atoms with Crippen LogP contribution in [0.2, 0.25) is 0 Å². The first-order chi connectivity index (χ1) is 9.74. The molecule has 0 radical (unpaired) electrons. The minimum atomic E-state index is -0.158. The van der Waals surface area contributed by atoms with Gasteiger partial charge in [-0.15, -0.1) is 0 Å². The second-order valence-corrected chi connectivity index (χ2v) is 5.69. The van der Waals surface area contributed by atoms with Crippen LogP contribution in [0.3, 0.4) is 0 Å². The van der Waals surface area contributed by atoms with E-state index in [0.717, 1.165) is 25.6 Å². The van der Waals surface area contributed by atoms with Gasteiger partial charge < -0.3 is 10.2 Å². The quantitative estimate of drug-likeness (QED) is 0.817. The van der Waals surface area contributed by atoms with Crippen molar-refractivity contribution in [1.29, 1.82) is 0 Å². The number of nitrogens with one attached hydrogen (secondary N) is 1. The predicted molar refractivity (Wildman–Crippen MR) is 82.3 cm³/mol. The first kappa shape index (κ1) is 15.5. The molecule has 2 rings (SSSR count). The summed E-state index contributed by atoms with van der Waals surface area (Å²) in [5.74, 6) is -0.158. The number of nitrogens with zero attached hydrogens (tertiary/aromatic N) is 1. The van der Waals surface area contributed by atoms with Gasteiger partial charge in [0.25, 0.3) is 0 Å². The van der Waals surface area contributed by atoms with Crippen molar-refractivity contribution in [2.45, 2.75) is 51.6 Å². The molecule has 2 unspecified atom stereocenters. The lowest BCUT2D eigenvalue weighted by Gasteiger charge is -2.26. The highest BCUT2D eigenvalue weighted by Crippen LogP contribution is 2.23. The summed E-state index contributed by atoms with van der Waals surface area (Å²) in [5, 5.41) is 3.53. The van der Waals surface area contributed by atoms with E-state index in [-0.39, 0.29) is 5.82 Å². The van der Waals surface area contributed by atoms with E-state index in [9.17, 15) is 4.39 Å². The molecule has 2 nitrogen and oxygen atoms in total. The maximum Gasteiger partial charge on any atom is 0.123 e. The maximum absolute atomic E-state index is 13.0. The summed E-state index contributed by atoms with van der Waals surface area (Å²) in [6.07, 6.45) is 5.03. The summed E-state index contributed by atoms with van der Waals surface area (Å²) in [5.41, 5.74) is 1.19. The number of hydrogen-bond donors (Lipinski definition) is 1. The van der Waals surface area contributed by atoms with Gasteiger partial charge in [-0.2, -0.15) is 0 Å². The number of likely N-dealkylation sites (tertiary alicyclic amines) is 1. The highest BCUT2D eigenvalue weighted by Gasteiger charge is 2.23. The second kappa shape index (κ2) is 7.75. The minimum Gasteiger partial charge on any atom is -0.310 e. The lowest BCUT2D eigenvalue weighted by molar-refractivity contribution is 0.234. The molecule has 0 amide bonds. The van der Waals surface area contributed by atoms with Gasteiger partial charge in [0.15, 0.2) is 0 Å². The van der Waals surface area contributed by atoms with Gasteiger partial charge in [-0.25, -0.2) is 4.39 Å². The van der Waals surface area contributed by atoms with Crippen molar-refractivity contribution in [3.8, 4) is 0 Å². The van der Waals surface area contributed by atoms with E-state index in [2.05, 4.69) is 24.1 Å². The largest absolute Gasteiger partial charge is 0.310 e. The molecule has 1 N–H and O–H groups in total. The average molecular weight is 278 g/mol. The fourth-order valence-electron chi connectivity index (χ4n) is 3.27. The first-order valence-corrected chi connectivity index (χ1v) is 7.97. The van der Waals surface area contributed by atoms with Gasteiger partial charge in [0.05, 0.1) is 0 Å². The lowest BCUT2D eigenvalue weighted by atomic mass is 10.0.